The lowest BCUT2D eigenvalue weighted by Crippen LogP contribution is -2.49. The second-order valence-electron chi connectivity index (χ2n) is 14.0. The van der Waals surface area contributed by atoms with Crippen LogP contribution >= 0.6 is 0 Å². The van der Waals surface area contributed by atoms with Crippen LogP contribution in [-0.4, -0.2) is 65.2 Å². The summed E-state index contributed by atoms with van der Waals surface area (Å²) in [6.07, 6.45) is 3.30. The zero-order valence-electron chi connectivity index (χ0n) is 32.1. The normalized spacial score (nSPS) is 14.8. The lowest BCUT2D eigenvalue weighted by molar-refractivity contribution is -0.147. The summed E-state index contributed by atoms with van der Waals surface area (Å²) < 4.78 is 17.0. The molecule has 3 amide bonds. The van der Waals surface area contributed by atoms with Crippen molar-refractivity contribution in [2.45, 2.75) is 70.0 Å². The summed E-state index contributed by atoms with van der Waals surface area (Å²) in [5.41, 5.74) is 4.75. The number of carbonyl (C=O) groups is 4. The van der Waals surface area contributed by atoms with Crippen LogP contribution in [0.4, 0.5) is 4.79 Å². The lowest BCUT2D eigenvalue weighted by atomic mass is 9.92. The molecule has 4 aromatic rings. The van der Waals surface area contributed by atoms with Crippen molar-refractivity contribution in [3.8, 4) is 5.75 Å². The Morgan fingerprint density at radius 3 is 2.04 bits per heavy atom. The van der Waals surface area contributed by atoms with Crippen LogP contribution in [0.15, 0.2) is 135 Å². The van der Waals surface area contributed by atoms with E-state index in [2.05, 4.69) is 23.8 Å². The molecule has 0 saturated carbocycles. The molecule has 0 radical (unpaired) electrons. The van der Waals surface area contributed by atoms with E-state index in [0.717, 1.165) is 27.8 Å². The predicted octanol–water partition coefficient (Wildman–Crippen LogP) is 6.24. The maximum absolute atomic E-state index is 14.0. The van der Waals surface area contributed by atoms with Crippen molar-refractivity contribution in [2.24, 2.45) is 5.92 Å². The molecule has 0 spiro atoms. The molecule has 0 saturated heterocycles. The minimum atomic E-state index is -1.08. The highest BCUT2D eigenvalue weighted by atomic mass is 16.6. The summed E-state index contributed by atoms with van der Waals surface area (Å²) >= 11 is 0. The summed E-state index contributed by atoms with van der Waals surface area (Å²) in [6.45, 7) is 7.87. The molecule has 5 rings (SSSR count). The molecule has 0 fully saturated rings. The van der Waals surface area contributed by atoms with Crippen LogP contribution in [0.1, 0.15) is 47.1 Å². The highest BCUT2D eigenvalue weighted by molar-refractivity contribution is 5.86. The number of fused-ring (bicyclic) bond motifs is 1. The van der Waals surface area contributed by atoms with Crippen LogP contribution in [0.25, 0.3) is 0 Å². The number of nitrogens with zero attached hydrogens (tertiary/aromatic N) is 1. The summed E-state index contributed by atoms with van der Waals surface area (Å²) in [6, 6.07) is 32.0. The van der Waals surface area contributed by atoms with E-state index >= 15 is 0 Å². The van der Waals surface area contributed by atoms with Gasteiger partial charge in [-0.1, -0.05) is 109 Å². The number of hydrogen-bond donors (Lipinski definition) is 3. The van der Waals surface area contributed by atoms with Gasteiger partial charge in [-0.3, -0.25) is 9.59 Å². The second-order valence-corrected chi connectivity index (χ2v) is 14.0. The molecule has 57 heavy (non-hydrogen) atoms. The van der Waals surface area contributed by atoms with Crippen molar-refractivity contribution >= 4 is 23.9 Å². The van der Waals surface area contributed by atoms with Crippen LogP contribution in [0, 0.1) is 5.92 Å². The highest BCUT2D eigenvalue weighted by Gasteiger charge is 2.33. The Bertz CT molecular complexity index is 1940. The van der Waals surface area contributed by atoms with Gasteiger partial charge in [-0.05, 0) is 65.6 Å². The molecular weight excluding hydrogens is 723 g/mol. The fourth-order valence-corrected chi connectivity index (χ4v) is 6.64. The number of nitrogens with one attached hydrogen (secondary N) is 2. The van der Waals surface area contributed by atoms with E-state index in [-0.39, 0.29) is 51.4 Å². The lowest BCUT2D eigenvalue weighted by Gasteiger charge is -2.36. The smallest absolute Gasteiger partial charge is 0.408 e. The number of carbonyl (C=O) groups excluding carboxylic acids is 4. The third-order valence-electron chi connectivity index (χ3n) is 9.75. The van der Waals surface area contributed by atoms with Gasteiger partial charge in [-0.2, -0.15) is 0 Å². The number of benzene rings is 4. The summed E-state index contributed by atoms with van der Waals surface area (Å²) in [7, 11) is 0. The van der Waals surface area contributed by atoms with Gasteiger partial charge in [0, 0.05) is 13.0 Å². The molecule has 11 heteroatoms. The first-order valence-electron chi connectivity index (χ1n) is 19.1. The zero-order valence-corrected chi connectivity index (χ0v) is 32.1. The average Bonchev–Trinajstić information content (AvgIpc) is 3.24. The van der Waals surface area contributed by atoms with Gasteiger partial charge in [-0.25, -0.2) is 9.59 Å². The molecular formula is C46H51N3O8. The largest absolute Gasteiger partial charge is 0.489 e. The Balaban J connectivity index is 1.26. The van der Waals surface area contributed by atoms with Crippen LogP contribution in [-0.2, 0) is 56.5 Å². The fraction of sp³-hybridized carbons (Fsp3) is 0.304. The van der Waals surface area contributed by atoms with Crippen molar-refractivity contribution < 1.29 is 38.5 Å². The number of allylic oxidation sites excluding steroid dienone is 1. The van der Waals surface area contributed by atoms with Crippen molar-refractivity contribution in [3.05, 3.63) is 162 Å². The van der Waals surface area contributed by atoms with Gasteiger partial charge < -0.3 is 34.9 Å². The zero-order chi connectivity index (χ0) is 40.4. The molecule has 4 atom stereocenters. The number of esters is 1. The molecule has 0 bridgehead atoms. The van der Waals surface area contributed by atoms with E-state index in [0.29, 0.717) is 25.3 Å². The Morgan fingerprint density at radius 2 is 1.39 bits per heavy atom. The maximum atomic E-state index is 14.0. The molecule has 3 N–H and O–H groups in total. The number of ether oxygens (including phenoxy) is 3. The monoisotopic (exact) mass is 773 g/mol. The van der Waals surface area contributed by atoms with E-state index in [4.69, 9.17) is 14.2 Å². The molecule has 0 unspecified atom stereocenters. The maximum Gasteiger partial charge on any atom is 0.408 e. The fourth-order valence-electron chi connectivity index (χ4n) is 6.64. The molecule has 0 aliphatic carbocycles. The van der Waals surface area contributed by atoms with Crippen LogP contribution < -0.4 is 15.4 Å². The molecule has 298 valence electrons. The number of aliphatic hydroxyl groups is 1. The highest BCUT2D eigenvalue weighted by Crippen LogP contribution is 2.25. The molecule has 0 aromatic heterocycles. The van der Waals surface area contributed by atoms with E-state index < -0.39 is 42.0 Å². The first kappa shape index (κ1) is 42.0. The number of hydrogen-bond acceptors (Lipinski definition) is 8. The van der Waals surface area contributed by atoms with Crippen LogP contribution in [0.2, 0.25) is 0 Å². The van der Waals surface area contributed by atoms with Gasteiger partial charge in [0.25, 0.3) is 0 Å². The molecule has 4 aromatic carbocycles. The molecule has 1 aliphatic rings. The second kappa shape index (κ2) is 21.8. The predicted molar refractivity (Wildman–Crippen MR) is 217 cm³/mol. The third-order valence-corrected chi connectivity index (χ3v) is 9.75. The van der Waals surface area contributed by atoms with Crippen LogP contribution in [0.3, 0.4) is 0 Å². The molecule has 11 nitrogen and oxygen atoms in total. The Labute approximate surface area is 334 Å². The van der Waals surface area contributed by atoms with E-state index in [1.165, 1.54) is 6.08 Å². The summed E-state index contributed by atoms with van der Waals surface area (Å²) in [5, 5.41) is 15.7. The Morgan fingerprint density at radius 1 is 0.754 bits per heavy atom. The topological polar surface area (TPSA) is 143 Å². The van der Waals surface area contributed by atoms with Crippen LogP contribution in [0.5, 0.6) is 5.75 Å². The van der Waals surface area contributed by atoms with Crippen molar-refractivity contribution in [1.82, 2.24) is 15.5 Å². The summed E-state index contributed by atoms with van der Waals surface area (Å²) in [4.78, 5) is 55.4. The number of rotatable bonds is 20. The van der Waals surface area contributed by atoms with E-state index in [9.17, 15) is 24.3 Å². The third kappa shape index (κ3) is 12.9. The van der Waals surface area contributed by atoms with Gasteiger partial charge in [0.05, 0.1) is 24.6 Å². The van der Waals surface area contributed by atoms with Gasteiger partial charge in [0.15, 0.2) is 0 Å². The quantitative estimate of drug-likeness (QED) is 0.0709. The molecule has 1 heterocycles. The van der Waals surface area contributed by atoms with Gasteiger partial charge in [0.1, 0.15) is 31.6 Å². The SMILES string of the molecule is C=CC[C@H](CC(=O)N1Cc2ccccc2C[C@H]1CO)C(=O)N[C@H](COC(=O)[C@@H](CC=C)NC(=O)OCc1ccccc1)Cc1ccc(OCc2ccccc2)cc1. The summed E-state index contributed by atoms with van der Waals surface area (Å²) in [5.74, 6) is -1.49. The number of aliphatic hydroxyl groups excluding tert-OH is 1. The number of amides is 3. The van der Waals surface area contributed by atoms with Gasteiger partial charge in [0.2, 0.25) is 11.8 Å². The Hall–Kier alpha value is -6.20. The minimum Gasteiger partial charge on any atom is -0.489 e. The Kier molecular flexibility index (Phi) is 16.0. The van der Waals surface area contributed by atoms with Crippen molar-refractivity contribution in [3.63, 3.8) is 0 Å². The molecule has 1 aliphatic heterocycles. The van der Waals surface area contributed by atoms with Crippen molar-refractivity contribution in [2.75, 3.05) is 13.2 Å². The van der Waals surface area contributed by atoms with Gasteiger partial charge in [-0.15, -0.1) is 13.2 Å². The number of alkyl carbamates (subject to hydrolysis) is 1. The van der Waals surface area contributed by atoms with E-state index in [1.54, 1.807) is 11.0 Å². The first-order valence-corrected chi connectivity index (χ1v) is 19.1. The minimum absolute atomic E-state index is 0.0206. The van der Waals surface area contributed by atoms with Crippen molar-refractivity contribution in [1.29, 1.82) is 0 Å². The van der Waals surface area contributed by atoms with Gasteiger partial charge >= 0.3 is 12.1 Å². The van der Waals surface area contributed by atoms with E-state index in [1.807, 2.05) is 109 Å². The standard InChI is InChI=1S/C46H51N3O8/c1-3-13-37(27-43(51)49-28-38-20-12-11-19-36(38)26-40(49)29-50)44(52)47-39(25-33-21-23-41(24-22-33)55-30-34-15-7-5-8-16-34)32-56-45(53)42(14-4-2)48-46(54)57-31-35-17-9-6-10-18-35/h3-12,15-24,37,39-40,42,50H,1-2,13-14,25-32H2,(H,47,52)(H,48,54)/t37-,39+,40+,42-/m1/s1. The first-order chi connectivity index (χ1) is 27.8. The average molecular weight is 774 g/mol.